The molecule has 0 bridgehead atoms. The van der Waals surface area contributed by atoms with E-state index in [1.54, 1.807) is 0 Å². The Balaban J connectivity index is 2.31. The minimum atomic E-state index is 0.223. The molecule has 0 unspecified atom stereocenters. The van der Waals surface area contributed by atoms with Gasteiger partial charge in [0.25, 0.3) is 5.91 Å². The molecule has 0 aromatic heterocycles. The van der Waals surface area contributed by atoms with Crippen LogP contribution < -0.4 is 0 Å². The van der Waals surface area contributed by atoms with Gasteiger partial charge in [0, 0.05) is 18.7 Å². The highest BCUT2D eigenvalue weighted by atomic mass is 16.2. The normalized spacial score (nSPS) is 14.8. The summed E-state index contributed by atoms with van der Waals surface area (Å²) in [5.41, 5.74) is 3.35. The first-order valence-electron chi connectivity index (χ1n) is 6.03. The fourth-order valence-electron chi connectivity index (χ4n) is 2.38. The van der Waals surface area contributed by atoms with Gasteiger partial charge in [-0.2, -0.15) is 0 Å². The molecule has 0 N–H and O–H groups in total. The number of hydrogen-bond acceptors (Lipinski definition) is 1. The minimum Gasteiger partial charge on any atom is -0.334 e. The Morgan fingerprint density at radius 1 is 1.38 bits per heavy atom. The number of aryl methyl sites for hydroxylation is 1. The van der Waals surface area contributed by atoms with Gasteiger partial charge in [-0.1, -0.05) is 39.0 Å². The van der Waals surface area contributed by atoms with Gasteiger partial charge in [-0.3, -0.25) is 4.79 Å². The van der Waals surface area contributed by atoms with Crippen LogP contribution in [0.5, 0.6) is 0 Å². The topological polar surface area (TPSA) is 20.3 Å². The smallest absolute Gasteiger partial charge is 0.254 e. The van der Waals surface area contributed by atoms with Crippen molar-refractivity contribution in [2.75, 3.05) is 6.54 Å². The van der Waals surface area contributed by atoms with Crippen molar-refractivity contribution in [1.82, 2.24) is 4.90 Å². The van der Waals surface area contributed by atoms with Crippen LogP contribution in [0.4, 0.5) is 0 Å². The van der Waals surface area contributed by atoms with Crippen LogP contribution in [0.15, 0.2) is 18.2 Å². The van der Waals surface area contributed by atoms with Crippen molar-refractivity contribution in [2.45, 2.75) is 33.7 Å². The number of nitrogens with zero attached hydrogens (tertiary/aromatic N) is 1. The highest BCUT2D eigenvalue weighted by molar-refractivity contribution is 5.99. The molecular weight excluding hydrogens is 198 g/mol. The predicted octanol–water partition coefficient (Wildman–Crippen LogP) is 2.86. The first kappa shape index (κ1) is 11.2. The van der Waals surface area contributed by atoms with Crippen LogP contribution in [-0.2, 0) is 13.0 Å². The average Bonchev–Trinajstić information content (AvgIpc) is 2.55. The Morgan fingerprint density at radius 2 is 2.12 bits per heavy atom. The molecule has 0 saturated heterocycles. The summed E-state index contributed by atoms with van der Waals surface area (Å²) in [5.74, 6) is 0.754. The van der Waals surface area contributed by atoms with Gasteiger partial charge in [-0.25, -0.2) is 0 Å². The van der Waals surface area contributed by atoms with Crippen LogP contribution >= 0.6 is 0 Å². The Kier molecular flexibility index (Phi) is 2.99. The molecule has 0 fully saturated rings. The molecule has 1 aromatic carbocycles. The molecule has 0 aliphatic carbocycles. The lowest BCUT2D eigenvalue weighted by Gasteiger charge is -2.17. The number of carbonyl (C=O) groups excluding carboxylic acids is 1. The quantitative estimate of drug-likeness (QED) is 0.762. The average molecular weight is 217 g/mol. The van der Waals surface area contributed by atoms with Crippen molar-refractivity contribution in [3.8, 4) is 0 Å². The Morgan fingerprint density at radius 3 is 2.75 bits per heavy atom. The van der Waals surface area contributed by atoms with Crippen LogP contribution in [0.25, 0.3) is 0 Å². The van der Waals surface area contributed by atoms with Crippen LogP contribution in [-0.4, -0.2) is 17.4 Å². The largest absolute Gasteiger partial charge is 0.334 e. The summed E-state index contributed by atoms with van der Waals surface area (Å²) in [4.78, 5) is 14.2. The van der Waals surface area contributed by atoms with E-state index in [9.17, 15) is 4.79 Å². The first-order chi connectivity index (χ1) is 7.63. The lowest BCUT2D eigenvalue weighted by Crippen LogP contribution is -2.28. The molecule has 86 valence electrons. The predicted molar refractivity (Wildman–Crippen MR) is 65.4 cm³/mol. The van der Waals surface area contributed by atoms with E-state index < -0.39 is 0 Å². The second-order valence-corrected chi connectivity index (χ2v) is 4.88. The number of carbonyl (C=O) groups is 1. The summed E-state index contributed by atoms with van der Waals surface area (Å²) in [6.07, 6.45) is 0.935. The maximum absolute atomic E-state index is 12.2. The summed E-state index contributed by atoms with van der Waals surface area (Å²) < 4.78 is 0. The van der Waals surface area contributed by atoms with Crippen LogP contribution in [0.1, 0.15) is 42.3 Å². The van der Waals surface area contributed by atoms with Gasteiger partial charge in [0.1, 0.15) is 0 Å². The standard InChI is InChI=1S/C14H19NO/c1-4-11-6-5-7-12-9-15(8-10(2)3)14(16)13(11)12/h5-7,10H,4,8-9H2,1-3H3. The van der Waals surface area contributed by atoms with E-state index in [2.05, 4.69) is 39.0 Å². The minimum absolute atomic E-state index is 0.223. The van der Waals surface area contributed by atoms with Gasteiger partial charge >= 0.3 is 0 Å². The van der Waals surface area contributed by atoms with Crippen molar-refractivity contribution in [2.24, 2.45) is 5.92 Å². The van der Waals surface area contributed by atoms with Crippen molar-refractivity contribution >= 4 is 5.91 Å². The van der Waals surface area contributed by atoms with E-state index in [-0.39, 0.29) is 5.91 Å². The van der Waals surface area contributed by atoms with Crippen molar-refractivity contribution < 1.29 is 4.79 Å². The molecule has 1 heterocycles. The molecule has 0 spiro atoms. The molecule has 2 nitrogen and oxygen atoms in total. The zero-order chi connectivity index (χ0) is 11.7. The molecule has 16 heavy (non-hydrogen) atoms. The third kappa shape index (κ3) is 1.84. The van der Waals surface area contributed by atoms with Crippen LogP contribution in [0.3, 0.4) is 0 Å². The van der Waals surface area contributed by atoms with E-state index in [1.165, 1.54) is 11.1 Å². The summed E-state index contributed by atoms with van der Waals surface area (Å²) >= 11 is 0. The van der Waals surface area contributed by atoms with Gasteiger partial charge < -0.3 is 4.90 Å². The van der Waals surface area contributed by atoms with Gasteiger partial charge in [0.05, 0.1) is 0 Å². The summed E-state index contributed by atoms with van der Waals surface area (Å²) in [6.45, 7) is 8.05. The Hall–Kier alpha value is -1.31. The molecule has 2 heteroatoms. The maximum Gasteiger partial charge on any atom is 0.254 e. The summed E-state index contributed by atoms with van der Waals surface area (Å²) in [5, 5.41) is 0. The lowest BCUT2D eigenvalue weighted by molar-refractivity contribution is 0.0759. The molecule has 1 aliphatic heterocycles. The van der Waals surface area contributed by atoms with Crippen LogP contribution in [0.2, 0.25) is 0 Å². The van der Waals surface area contributed by atoms with Gasteiger partial charge in [-0.05, 0) is 23.5 Å². The van der Waals surface area contributed by atoms with Gasteiger partial charge in [0.15, 0.2) is 0 Å². The van der Waals surface area contributed by atoms with E-state index in [4.69, 9.17) is 0 Å². The number of amides is 1. The number of rotatable bonds is 3. The zero-order valence-corrected chi connectivity index (χ0v) is 10.3. The second-order valence-electron chi connectivity index (χ2n) is 4.88. The number of hydrogen-bond donors (Lipinski definition) is 0. The zero-order valence-electron chi connectivity index (χ0n) is 10.3. The third-order valence-corrected chi connectivity index (χ3v) is 3.07. The highest BCUT2D eigenvalue weighted by Gasteiger charge is 2.29. The summed E-state index contributed by atoms with van der Waals surface area (Å²) in [6, 6.07) is 6.20. The maximum atomic E-state index is 12.2. The fourth-order valence-corrected chi connectivity index (χ4v) is 2.38. The molecule has 2 rings (SSSR count). The fraction of sp³-hybridized carbons (Fsp3) is 0.500. The Bertz CT molecular complexity index is 409. The highest BCUT2D eigenvalue weighted by Crippen LogP contribution is 2.26. The van der Waals surface area contributed by atoms with E-state index in [0.29, 0.717) is 5.92 Å². The van der Waals surface area contributed by atoms with Crippen molar-refractivity contribution in [3.63, 3.8) is 0 Å². The molecule has 0 saturated carbocycles. The van der Waals surface area contributed by atoms with E-state index in [0.717, 1.165) is 25.1 Å². The Labute approximate surface area is 97.3 Å². The van der Waals surface area contributed by atoms with E-state index >= 15 is 0 Å². The lowest BCUT2D eigenvalue weighted by atomic mass is 10.0. The van der Waals surface area contributed by atoms with E-state index in [1.807, 2.05) is 4.90 Å². The van der Waals surface area contributed by atoms with Crippen molar-refractivity contribution in [3.05, 3.63) is 34.9 Å². The molecule has 0 atom stereocenters. The van der Waals surface area contributed by atoms with Gasteiger partial charge in [0.2, 0.25) is 0 Å². The van der Waals surface area contributed by atoms with Crippen molar-refractivity contribution in [1.29, 1.82) is 0 Å². The van der Waals surface area contributed by atoms with Crippen LogP contribution in [0, 0.1) is 5.92 Å². The molecular formula is C14H19NO. The molecule has 0 radical (unpaired) electrons. The first-order valence-corrected chi connectivity index (χ1v) is 6.03. The molecule has 1 aliphatic rings. The number of benzene rings is 1. The third-order valence-electron chi connectivity index (χ3n) is 3.07. The number of fused-ring (bicyclic) bond motifs is 1. The van der Waals surface area contributed by atoms with Gasteiger partial charge in [-0.15, -0.1) is 0 Å². The second kappa shape index (κ2) is 4.28. The molecule has 1 aromatic rings. The monoisotopic (exact) mass is 217 g/mol. The molecule has 1 amide bonds. The SMILES string of the molecule is CCc1cccc2c1C(=O)N(CC(C)C)C2. The summed E-state index contributed by atoms with van der Waals surface area (Å²) in [7, 11) is 0.